The van der Waals surface area contributed by atoms with Gasteiger partial charge in [-0.3, -0.25) is 9.48 Å². The summed E-state index contributed by atoms with van der Waals surface area (Å²) in [6.45, 7) is -1.06. The molecule has 2 amide bonds. The summed E-state index contributed by atoms with van der Waals surface area (Å²) in [6.07, 6.45) is -1.90. The maximum absolute atomic E-state index is 12.2. The van der Waals surface area contributed by atoms with Gasteiger partial charge in [-0.15, -0.1) is 0 Å². The highest BCUT2D eigenvalue weighted by Gasteiger charge is 2.28. The van der Waals surface area contributed by atoms with Crippen LogP contribution < -0.4 is 16.2 Å². The fraction of sp³-hybridized carbons (Fsp3) is 0.333. The van der Waals surface area contributed by atoms with Crippen molar-refractivity contribution < 1.29 is 18.0 Å². The molecule has 8 nitrogen and oxygen atoms in total. The Morgan fingerprint density at radius 1 is 1.26 bits per heavy atom. The number of hydrogen-bond donors (Lipinski definition) is 3. The van der Waals surface area contributed by atoms with Crippen LogP contribution in [0, 0.1) is 0 Å². The van der Waals surface area contributed by atoms with Crippen molar-refractivity contribution in [3.8, 4) is 0 Å². The minimum atomic E-state index is -4.35. The molecule has 0 aliphatic heterocycles. The molecule has 0 aromatic carbocycles. The Morgan fingerprint density at radius 2 is 2.00 bits per heavy atom. The van der Waals surface area contributed by atoms with Crippen LogP contribution in [0.5, 0.6) is 0 Å². The lowest BCUT2D eigenvalue weighted by Crippen LogP contribution is -2.34. The minimum Gasteiger partial charge on any atom is -0.334 e. The molecule has 0 fully saturated rings. The predicted octanol–water partition coefficient (Wildman–Crippen LogP) is 0.528. The molecule has 23 heavy (non-hydrogen) atoms. The van der Waals surface area contributed by atoms with Crippen molar-refractivity contribution in [2.45, 2.75) is 25.8 Å². The fourth-order valence-corrected chi connectivity index (χ4v) is 1.66. The van der Waals surface area contributed by atoms with Crippen molar-refractivity contribution in [1.29, 1.82) is 0 Å². The summed E-state index contributed by atoms with van der Waals surface area (Å²) in [4.78, 5) is 22.4. The van der Waals surface area contributed by atoms with E-state index in [1.54, 1.807) is 0 Å². The normalized spacial score (nSPS) is 11.3. The molecule has 0 radical (unpaired) electrons. The Labute approximate surface area is 127 Å². The monoisotopic (exact) mass is 330 g/mol. The number of urea groups is 1. The zero-order valence-corrected chi connectivity index (χ0v) is 11.7. The molecule has 124 valence electrons. The van der Waals surface area contributed by atoms with Crippen LogP contribution in [0.4, 0.5) is 18.0 Å². The lowest BCUT2D eigenvalue weighted by molar-refractivity contribution is -0.142. The molecule has 0 unspecified atom stereocenters. The molecule has 3 N–H and O–H groups in total. The molecule has 0 atom stereocenters. The summed E-state index contributed by atoms with van der Waals surface area (Å²) in [5, 5.41) is 14.5. The quantitative estimate of drug-likeness (QED) is 0.743. The molecule has 2 rings (SSSR count). The number of carbonyl (C=O) groups is 1. The van der Waals surface area contributed by atoms with Gasteiger partial charge in [0.15, 0.2) is 0 Å². The molecule has 0 bridgehead atoms. The van der Waals surface area contributed by atoms with E-state index in [1.165, 1.54) is 24.5 Å². The maximum atomic E-state index is 12.2. The summed E-state index contributed by atoms with van der Waals surface area (Å²) >= 11 is 0. The van der Waals surface area contributed by atoms with Gasteiger partial charge < -0.3 is 10.6 Å². The topological polar surface area (TPSA) is 105 Å². The van der Waals surface area contributed by atoms with Gasteiger partial charge in [0.2, 0.25) is 0 Å². The van der Waals surface area contributed by atoms with Crippen LogP contribution in [0.15, 0.2) is 29.3 Å². The van der Waals surface area contributed by atoms with Crippen molar-refractivity contribution in [3.63, 3.8) is 0 Å². The first-order valence-corrected chi connectivity index (χ1v) is 6.46. The zero-order chi connectivity index (χ0) is 16.9. The van der Waals surface area contributed by atoms with Crippen molar-refractivity contribution in [2.24, 2.45) is 0 Å². The average Bonchev–Trinajstić information content (AvgIpc) is 2.90. The smallest absolute Gasteiger partial charge is 0.334 e. The third-order valence-corrected chi connectivity index (χ3v) is 2.65. The number of alkyl halides is 3. The first kappa shape index (κ1) is 16.5. The SMILES string of the molecule is O=C(NCc1cnn(CC(F)(F)F)c1)NCc1ccc(=O)[nH]n1. The summed E-state index contributed by atoms with van der Waals surface area (Å²) in [7, 11) is 0. The molecule has 0 saturated heterocycles. The average molecular weight is 330 g/mol. The van der Waals surface area contributed by atoms with Crippen molar-refractivity contribution in [2.75, 3.05) is 0 Å². The Balaban J connectivity index is 1.76. The van der Waals surface area contributed by atoms with Crippen LogP contribution in [0.25, 0.3) is 0 Å². The number of H-pyrrole nitrogens is 1. The first-order chi connectivity index (χ1) is 10.8. The number of amides is 2. The van der Waals surface area contributed by atoms with Crippen LogP contribution >= 0.6 is 0 Å². The van der Waals surface area contributed by atoms with E-state index in [4.69, 9.17) is 0 Å². The largest absolute Gasteiger partial charge is 0.408 e. The third kappa shape index (κ3) is 5.80. The van der Waals surface area contributed by atoms with Gasteiger partial charge >= 0.3 is 12.2 Å². The fourth-order valence-electron chi connectivity index (χ4n) is 1.66. The van der Waals surface area contributed by atoms with E-state index < -0.39 is 18.8 Å². The summed E-state index contributed by atoms with van der Waals surface area (Å²) in [5.41, 5.74) is 0.540. The van der Waals surface area contributed by atoms with Gasteiger partial charge in [-0.05, 0) is 6.07 Å². The molecule has 11 heteroatoms. The Morgan fingerprint density at radius 3 is 2.65 bits per heavy atom. The predicted molar refractivity (Wildman–Crippen MR) is 72.2 cm³/mol. The highest BCUT2D eigenvalue weighted by Crippen LogP contribution is 2.16. The van der Waals surface area contributed by atoms with E-state index in [1.807, 2.05) is 0 Å². The number of nitrogens with zero attached hydrogens (tertiary/aromatic N) is 3. The number of aromatic nitrogens is 4. The molecule has 0 spiro atoms. The Kier molecular flexibility index (Phi) is 4.98. The number of nitrogens with one attached hydrogen (secondary N) is 3. The van der Waals surface area contributed by atoms with Gasteiger partial charge in [-0.25, -0.2) is 9.89 Å². The standard InChI is InChI=1S/C12H13F3N6O2/c13-12(14,15)7-21-6-8(4-18-21)3-16-11(23)17-5-9-1-2-10(22)20-19-9/h1-2,4,6H,3,5,7H2,(H,20,22)(H2,16,17,23). The van der Waals surface area contributed by atoms with E-state index in [0.29, 0.717) is 11.3 Å². The second kappa shape index (κ2) is 6.94. The minimum absolute atomic E-state index is 0.0305. The third-order valence-electron chi connectivity index (χ3n) is 2.65. The first-order valence-electron chi connectivity index (χ1n) is 6.46. The molecular weight excluding hydrogens is 317 g/mol. The molecule has 2 aromatic heterocycles. The van der Waals surface area contributed by atoms with E-state index in [-0.39, 0.29) is 18.6 Å². The summed E-state index contributed by atoms with van der Waals surface area (Å²) in [5.74, 6) is 0. The van der Waals surface area contributed by atoms with Crippen molar-refractivity contribution in [3.05, 3.63) is 46.1 Å². The van der Waals surface area contributed by atoms with Crippen LogP contribution in [-0.2, 0) is 19.6 Å². The number of halogens is 3. The molecule has 0 saturated carbocycles. The summed E-state index contributed by atoms with van der Waals surface area (Å²) in [6, 6.07) is 2.21. The van der Waals surface area contributed by atoms with E-state index in [2.05, 4.69) is 25.9 Å². The molecular formula is C12H13F3N6O2. The van der Waals surface area contributed by atoms with Crippen LogP contribution in [0.1, 0.15) is 11.3 Å². The molecule has 0 aliphatic carbocycles. The summed E-state index contributed by atoms with van der Waals surface area (Å²) < 4.78 is 37.3. The van der Waals surface area contributed by atoms with Crippen LogP contribution in [-0.4, -0.2) is 32.2 Å². The second-order valence-electron chi connectivity index (χ2n) is 4.61. The Bertz CT molecular complexity index is 704. The van der Waals surface area contributed by atoms with Gasteiger partial charge in [-0.2, -0.15) is 23.4 Å². The number of rotatable bonds is 5. The van der Waals surface area contributed by atoms with Gasteiger partial charge in [0.05, 0.1) is 18.4 Å². The van der Waals surface area contributed by atoms with Gasteiger partial charge in [0, 0.05) is 24.4 Å². The van der Waals surface area contributed by atoms with Crippen LogP contribution in [0.3, 0.4) is 0 Å². The van der Waals surface area contributed by atoms with Crippen molar-refractivity contribution in [1.82, 2.24) is 30.6 Å². The van der Waals surface area contributed by atoms with Gasteiger partial charge in [0.25, 0.3) is 5.56 Å². The molecule has 2 heterocycles. The molecule has 0 aliphatic rings. The number of hydrogen-bond acceptors (Lipinski definition) is 4. The van der Waals surface area contributed by atoms with E-state index >= 15 is 0 Å². The van der Waals surface area contributed by atoms with Crippen molar-refractivity contribution >= 4 is 6.03 Å². The Hall–Kier alpha value is -2.85. The van der Waals surface area contributed by atoms with E-state index in [9.17, 15) is 22.8 Å². The zero-order valence-electron chi connectivity index (χ0n) is 11.7. The number of aromatic amines is 1. The second-order valence-corrected chi connectivity index (χ2v) is 4.61. The van der Waals surface area contributed by atoms with Crippen LogP contribution in [0.2, 0.25) is 0 Å². The lowest BCUT2D eigenvalue weighted by atomic mass is 10.3. The van der Waals surface area contributed by atoms with Gasteiger partial charge in [0.1, 0.15) is 6.54 Å². The highest BCUT2D eigenvalue weighted by atomic mass is 19.4. The highest BCUT2D eigenvalue weighted by molar-refractivity contribution is 5.73. The van der Waals surface area contributed by atoms with E-state index in [0.717, 1.165) is 4.68 Å². The molecule has 2 aromatic rings. The lowest BCUT2D eigenvalue weighted by Gasteiger charge is -2.06. The maximum Gasteiger partial charge on any atom is 0.408 e. The number of carbonyl (C=O) groups excluding carboxylic acids is 1. The van der Waals surface area contributed by atoms with Gasteiger partial charge in [-0.1, -0.05) is 0 Å².